The summed E-state index contributed by atoms with van der Waals surface area (Å²) >= 11 is 15.5. The van der Waals surface area contributed by atoms with Crippen LogP contribution in [-0.4, -0.2) is 12.2 Å². The van der Waals surface area contributed by atoms with Crippen LogP contribution in [-0.2, 0) is 0 Å². The van der Waals surface area contributed by atoms with Gasteiger partial charge in [-0.25, -0.2) is 4.40 Å². The molecule has 90 valence electrons. The lowest BCUT2D eigenvalue weighted by atomic mass is 10.0. The molecule has 0 radical (unpaired) electrons. The third-order valence-electron chi connectivity index (χ3n) is 2.15. The fraction of sp³-hybridized carbons (Fsp3) is 0.0833. The summed E-state index contributed by atoms with van der Waals surface area (Å²) in [7, 11) is 1.81. The number of halogens is 2. The summed E-state index contributed by atoms with van der Waals surface area (Å²) < 4.78 is 3.52. The van der Waals surface area contributed by atoms with Crippen LogP contribution in [0.5, 0.6) is 0 Å². The molecule has 0 bridgehead atoms. The molecule has 1 N–H and O–H groups in total. The SMILES string of the molecule is C=C(NC)c1ccccc1/C=C(\Cl)C(Cl)=NS. The molecule has 0 atom stereocenters. The van der Waals surface area contributed by atoms with Crippen molar-refractivity contribution in [1.29, 1.82) is 0 Å². The van der Waals surface area contributed by atoms with Crippen LogP contribution in [0, 0.1) is 0 Å². The van der Waals surface area contributed by atoms with Crippen LogP contribution in [0.1, 0.15) is 11.1 Å². The normalized spacial score (nSPS) is 12.5. The lowest BCUT2D eigenvalue weighted by molar-refractivity contribution is 1.13. The van der Waals surface area contributed by atoms with Crippen LogP contribution in [0.2, 0.25) is 0 Å². The number of nitrogens with zero attached hydrogens (tertiary/aromatic N) is 1. The Morgan fingerprint density at radius 3 is 2.65 bits per heavy atom. The van der Waals surface area contributed by atoms with Crippen molar-refractivity contribution in [2.24, 2.45) is 4.40 Å². The molecule has 0 heterocycles. The molecule has 0 fully saturated rings. The van der Waals surface area contributed by atoms with Gasteiger partial charge in [-0.2, -0.15) is 0 Å². The number of hydrogen-bond donors (Lipinski definition) is 2. The maximum absolute atomic E-state index is 5.99. The van der Waals surface area contributed by atoms with E-state index in [2.05, 4.69) is 29.1 Å². The summed E-state index contributed by atoms with van der Waals surface area (Å²) in [6, 6.07) is 7.70. The van der Waals surface area contributed by atoms with Gasteiger partial charge in [0, 0.05) is 18.3 Å². The summed E-state index contributed by atoms with van der Waals surface area (Å²) in [6.07, 6.45) is 1.72. The Morgan fingerprint density at radius 2 is 2.06 bits per heavy atom. The van der Waals surface area contributed by atoms with Crippen molar-refractivity contribution < 1.29 is 0 Å². The maximum atomic E-state index is 5.99. The van der Waals surface area contributed by atoms with Crippen molar-refractivity contribution in [1.82, 2.24) is 5.32 Å². The molecule has 1 aromatic rings. The van der Waals surface area contributed by atoms with E-state index < -0.39 is 0 Å². The van der Waals surface area contributed by atoms with Gasteiger partial charge in [0.05, 0.1) is 5.03 Å². The fourth-order valence-corrected chi connectivity index (χ4v) is 1.66. The topological polar surface area (TPSA) is 24.4 Å². The van der Waals surface area contributed by atoms with Gasteiger partial charge in [0.1, 0.15) is 0 Å². The molecule has 0 aliphatic carbocycles. The Hall–Kier alpha value is -0.900. The summed E-state index contributed by atoms with van der Waals surface area (Å²) in [5.41, 5.74) is 2.67. The smallest absolute Gasteiger partial charge is 0.155 e. The summed E-state index contributed by atoms with van der Waals surface area (Å²) in [5.74, 6) is 0. The van der Waals surface area contributed by atoms with E-state index in [4.69, 9.17) is 23.2 Å². The molecule has 0 saturated heterocycles. The molecule has 0 aromatic heterocycles. The van der Waals surface area contributed by atoms with Gasteiger partial charge in [-0.1, -0.05) is 54.0 Å². The van der Waals surface area contributed by atoms with Gasteiger partial charge in [-0.15, -0.1) is 0 Å². The second-order valence-electron chi connectivity index (χ2n) is 3.20. The van der Waals surface area contributed by atoms with Crippen molar-refractivity contribution in [2.45, 2.75) is 0 Å². The van der Waals surface area contributed by atoms with Crippen LogP contribution in [0.4, 0.5) is 0 Å². The average molecular weight is 287 g/mol. The molecule has 17 heavy (non-hydrogen) atoms. The Balaban J connectivity index is 3.19. The van der Waals surface area contributed by atoms with Crippen LogP contribution < -0.4 is 5.32 Å². The van der Waals surface area contributed by atoms with Gasteiger partial charge in [0.15, 0.2) is 5.17 Å². The maximum Gasteiger partial charge on any atom is 0.155 e. The van der Waals surface area contributed by atoms with Crippen LogP contribution in [0.15, 0.2) is 40.3 Å². The molecule has 0 unspecified atom stereocenters. The lowest BCUT2D eigenvalue weighted by Crippen LogP contribution is -2.04. The highest BCUT2D eigenvalue weighted by atomic mass is 35.5. The predicted molar refractivity (Wildman–Crippen MR) is 80.6 cm³/mol. The number of benzene rings is 1. The first-order valence-corrected chi connectivity index (χ1v) is 5.97. The zero-order valence-electron chi connectivity index (χ0n) is 9.24. The quantitative estimate of drug-likeness (QED) is 0.636. The van der Waals surface area contributed by atoms with Gasteiger partial charge in [-0.05, 0) is 24.5 Å². The third-order valence-corrected chi connectivity index (χ3v) is 3.15. The van der Waals surface area contributed by atoms with E-state index >= 15 is 0 Å². The van der Waals surface area contributed by atoms with Crippen molar-refractivity contribution >= 4 is 53.0 Å². The van der Waals surface area contributed by atoms with E-state index in [0.29, 0.717) is 5.03 Å². The first-order valence-electron chi connectivity index (χ1n) is 4.81. The molecule has 1 aromatic carbocycles. The monoisotopic (exact) mass is 286 g/mol. The van der Waals surface area contributed by atoms with Crippen LogP contribution in [0.25, 0.3) is 11.8 Å². The fourth-order valence-electron chi connectivity index (χ4n) is 1.28. The molecular weight excluding hydrogens is 275 g/mol. The Labute approximate surface area is 117 Å². The Morgan fingerprint density at radius 1 is 1.41 bits per heavy atom. The van der Waals surface area contributed by atoms with E-state index in [-0.39, 0.29) is 5.17 Å². The van der Waals surface area contributed by atoms with Gasteiger partial charge >= 0.3 is 0 Å². The molecule has 0 amide bonds. The van der Waals surface area contributed by atoms with Crippen molar-refractivity contribution in [3.8, 4) is 0 Å². The summed E-state index contributed by atoms with van der Waals surface area (Å²) in [6.45, 7) is 3.91. The standard InChI is InChI=1S/C12H12Cl2N2S/c1-8(15-2)10-6-4-3-5-9(10)7-11(13)12(14)16-17/h3-7,15,17H,1H2,2H3/b11-7-,16-12?. The molecule has 1 rings (SSSR count). The molecule has 5 heteroatoms. The van der Waals surface area contributed by atoms with Gasteiger partial charge in [0.2, 0.25) is 0 Å². The second-order valence-corrected chi connectivity index (χ2v) is 4.16. The first kappa shape index (κ1) is 14.2. The highest BCUT2D eigenvalue weighted by Crippen LogP contribution is 2.21. The van der Waals surface area contributed by atoms with Crippen LogP contribution >= 0.6 is 36.0 Å². The van der Waals surface area contributed by atoms with E-state index in [1.807, 2.05) is 31.3 Å². The zero-order chi connectivity index (χ0) is 12.8. The third kappa shape index (κ3) is 3.80. The van der Waals surface area contributed by atoms with Gasteiger partial charge in [0.25, 0.3) is 0 Å². The predicted octanol–water partition coefficient (Wildman–Crippen LogP) is 3.94. The van der Waals surface area contributed by atoms with Crippen molar-refractivity contribution in [2.75, 3.05) is 7.05 Å². The highest BCUT2D eigenvalue weighted by molar-refractivity contribution is 7.79. The molecule has 0 aliphatic rings. The van der Waals surface area contributed by atoms with E-state index in [9.17, 15) is 0 Å². The molecular formula is C12H12Cl2N2S. The molecule has 0 aliphatic heterocycles. The number of thiol groups is 1. The summed E-state index contributed by atoms with van der Waals surface area (Å²) in [5, 5.41) is 3.48. The second kappa shape index (κ2) is 6.74. The Kier molecular flexibility index (Phi) is 5.62. The largest absolute Gasteiger partial charge is 0.388 e. The lowest BCUT2D eigenvalue weighted by Gasteiger charge is -2.08. The highest BCUT2D eigenvalue weighted by Gasteiger charge is 2.05. The van der Waals surface area contributed by atoms with E-state index in [1.165, 1.54) is 0 Å². The average Bonchev–Trinajstić information content (AvgIpc) is 2.37. The van der Waals surface area contributed by atoms with Gasteiger partial charge < -0.3 is 5.32 Å². The van der Waals surface area contributed by atoms with Crippen LogP contribution in [0.3, 0.4) is 0 Å². The number of nitrogens with one attached hydrogen (secondary N) is 1. The Bertz CT molecular complexity index is 481. The number of hydrogen-bond acceptors (Lipinski definition) is 3. The minimum atomic E-state index is 0.153. The molecule has 2 nitrogen and oxygen atoms in total. The van der Waals surface area contributed by atoms with E-state index in [0.717, 1.165) is 16.8 Å². The zero-order valence-corrected chi connectivity index (χ0v) is 11.7. The minimum Gasteiger partial charge on any atom is -0.388 e. The van der Waals surface area contributed by atoms with E-state index in [1.54, 1.807) is 6.08 Å². The summed E-state index contributed by atoms with van der Waals surface area (Å²) in [4.78, 5) is 0. The first-order chi connectivity index (χ1) is 8.10. The molecule has 0 saturated carbocycles. The number of allylic oxidation sites excluding steroid dienone is 1. The van der Waals surface area contributed by atoms with Crippen molar-refractivity contribution in [3.63, 3.8) is 0 Å². The minimum absolute atomic E-state index is 0.153. The molecule has 0 spiro atoms. The van der Waals surface area contributed by atoms with Crippen molar-refractivity contribution in [3.05, 3.63) is 47.0 Å². The number of rotatable bonds is 4. The van der Waals surface area contributed by atoms with Gasteiger partial charge in [-0.3, -0.25) is 0 Å².